The number of nitrogens with zero attached hydrogens (tertiary/aromatic N) is 4. The van der Waals surface area contributed by atoms with Crippen molar-refractivity contribution in [1.29, 1.82) is 0 Å². The first-order chi connectivity index (χ1) is 27.2. The number of nitrogens with one attached hydrogen (secondary N) is 2. The molecule has 0 aliphatic carbocycles. The molecule has 2 amide bonds. The van der Waals surface area contributed by atoms with Crippen LogP contribution in [0.3, 0.4) is 0 Å². The minimum absolute atomic E-state index is 0.316. The van der Waals surface area contributed by atoms with Crippen molar-refractivity contribution < 1.29 is 9.59 Å². The second-order valence-electron chi connectivity index (χ2n) is 14.0. The number of hydrogen-bond acceptors (Lipinski definition) is 6. The highest BCUT2D eigenvalue weighted by atomic mass is 16.2. The smallest absolute Gasteiger partial charge is 0.256 e. The van der Waals surface area contributed by atoms with Gasteiger partial charge in [-0.25, -0.2) is 9.97 Å². The van der Waals surface area contributed by atoms with Crippen molar-refractivity contribution in [3.63, 3.8) is 0 Å². The maximum atomic E-state index is 14.4. The van der Waals surface area contributed by atoms with Gasteiger partial charge < -0.3 is 10.6 Å². The molecule has 0 saturated heterocycles. The third kappa shape index (κ3) is 7.41. The SMILES string of the molecule is Cc1ccc(-c2cc(C(=O)Nc3ccc(N=Nc4ccccc4)c(NC(=O)c4cc(-c5ccc(C)cc5C)nc5ccccc45)c3)c3ccccc3n2)c(C)c1. The van der Waals surface area contributed by atoms with Gasteiger partial charge in [0.05, 0.1) is 44.9 Å². The largest absolute Gasteiger partial charge is 0.322 e. The molecular formula is C48H38N6O2. The minimum Gasteiger partial charge on any atom is -0.322 e. The zero-order valence-corrected chi connectivity index (χ0v) is 31.5. The fourth-order valence-electron chi connectivity index (χ4n) is 7.00. The molecule has 2 heterocycles. The number of rotatable bonds is 8. The van der Waals surface area contributed by atoms with E-state index in [-0.39, 0.29) is 11.8 Å². The van der Waals surface area contributed by atoms with E-state index in [0.29, 0.717) is 61.7 Å². The van der Waals surface area contributed by atoms with Gasteiger partial charge >= 0.3 is 0 Å². The average molecular weight is 731 g/mol. The topological polar surface area (TPSA) is 109 Å². The Hall–Kier alpha value is -7.32. The Kier molecular flexibility index (Phi) is 9.69. The number of benzene rings is 6. The number of aromatic nitrogens is 2. The number of para-hydroxylation sites is 2. The summed E-state index contributed by atoms with van der Waals surface area (Å²) in [6.07, 6.45) is 0. The molecule has 0 fully saturated rings. The number of anilines is 2. The number of amides is 2. The summed E-state index contributed by atoms with van der Waals surface area (Å²) in [5.41, 5.74) is 12.0. The van der Waals surface area contributed by atoms with Crippen LogP contribution in [-0.2, 0) is 0 Å². The number of aryl methyl sites for hydroxylation is 4. The van der Waals surface area contributed by atoms with Gasteiger partial charge in [0.2, 0.25) is 0 Å². The first-order valence-electron chi connectivity index (χ1n) is 18.4. The molecule has 2 N–H and O–H groups in total. The molecular weight excluding hydrogens is 693 g/mol. The first kappa shape index (κ1) is 35.7. The van der Waals surface area contributed by atoms with Gasteiger partial charge in [-0.1, -0.05) is 102 Å². The predicted molar refractivity (Wildman–Crippen MR) is 226 cm³/mol. The summed E-state index contributed by atoms with van der Waals surface area (Å²) in [6.45, 7) is 8.19. The number of fused-ring (bicyclic) bond motifs is 2. The van der Waals surface area contributed by atoms with Crippen LogP contribution in [0.1, 0.15) is 43.0 Å². The van der Waals surface area contributed by atoms with Gasteiger partial charge in [-0.05, 0) is 93.4 Å². The van der Waals surface area contributed by atoms with E-state index in [0.717, 1.165) is 38.8 Å². The summed E-state index contributed by atoms with van der Waals surface area (Å²) >= 11 is 0. The molecule has 56 heavy (non-hydrogen) atoms. The van der Waals surface area contributed by atoms with Crippen LogP contribution in [0.2, 0.25) is 0 Å². The van der Waals surface area contributed by atoms with E-state index in [2.05, 4.69) is 46.8 Å². The standard InChI is InChI=1S/C48H38N6O2/c1-29-18-21-35(31(3)24-29)44-27-39(37-14-8-10-16-41(37)50-44)47(55)49-34-20-23-43(54-53-33-12-6-5-7-13-33)46(26-34)52-48(56)40-28-45(36-22-19-30(2)25-32(36)4)51-42-17-11-9-15-38(40)42/h5-28H,1-4H3,(H,49,55)(H,52,56). The van der Waals surface area contributed by atoms with Crippen LogP contribution in [0.4, 0.5) is 22.7 Å². The van der Waals surface area contributed by atoms with E-state index < -0.39 is 0 Å². The highest BCUT2D eigenvalue weighted by Gasteiger charge is 2.19. The predicted octanol–water partition coefficient (Wildman–Crippen LogP) is 12.3. The van der Waals surface area contributed by atoms with Crippen LogP contribution in [0.5, 0.6) is 0 Å². The van der Waals surface area contributed by atoms with Gasteiger partial charge in [-0.15, -0.1) is 5.11 Å². The van der Waals surface area contributed by atoms with Crippen LogP contribution in [0.25, 0.3) is 44.3 Å². The van der Waals surface area contributed by atoms with Gasteiger partial charge in [0.15, 0.2) is 0 Å². The molecule has 0 aliphatic rings. The van der Waals surface area contributed by atoms with Crippen LogP contribution in [0, 0.1) is 27.7 Å². The summed E-state index contributed by atoms with van der Waals surface area (Å²) in [5.74, 6) is -0.670. The van der Waals surface area contributed by atoms with Crippen LogP contribution >= 0.6 is 0 Å². The number of pyridine rings is 2. The molecule has 2 aromatic heterocycles. The molecule has 0 aliphatic heterocycles. The Morgan fingerprint density at radius 3 is 1.57 bits per heavy atom. The maximum absolute atomic E-state index is 14.4. The number of azo groups is 1. The van der Waals surface area contributed by atoms with Crippen molar-refractivity contribution >= 4 is 56.4 Å². The number of carbonyl (C=O) groups excluding carboxylic acids is 2. The Bertz CT molecular complexity index is 2850. The number of hydrogen-bond donors (Lipinski definition) is 2. The van der Waals surface area contributed by atoms with Gasteiger partial charge in [0, 0.05) is 27.6 Å². The van der Waals surface area contributed by atoms with E-state index in [4.69, 9.17) is 9.97 Å². The molecule has 0 bridgehead atoms. The second-order valence-corrected chi connectivity index (χ2v) is 14.0. The van der Waals surface area contributed by atoms with Gasteiger partial charge in [-0.3, -0.25) is 9.59 Å². The summed E-state index contributed by atoms with van der Waals surface area (Å²) in [5, 5.41) is 16.6. The monoisotopic (exact) mass is 730 g/mol. The van der Waals surface area contributed by atoms with Gasteiger partial charge in [0.25, 0.3) is 11.8 Å². The third-order valence-electron chi connectivity index (χ3n) is 9.77. The van der Waals surface area contributed by atoms with Crippen molar-refractivity contribution in [3.8, 4) is 22.5 Å². The highest BCUT2D eigenvalue weighted by molar-refractivity contribution is 6.15. The summed E-state index contributed by atoms with van der Waals surface area (Å²) < 4.78 is 0. The Morgan fingerprint density at radius 2 is 1.02 bits per heavy atom. The summed E-state index contributed by atoms with van der Waals surface area (Å²) in [4.78, 5) is 38.4. The van der Waals surface area contributed by atoms with Crippen molar-refractivity contribution in [2.24, 2.45) is 10.2 Å². The summed E-state index contributed by atoms with van der Waals surface area (Å²) in [6, 6.07) is 45.8. The minimum atomic E-state index is -0.354. The number of carbonyl (C=O) groups is 2. The molecule has 272 valence electrons. The van der Waals surface area contributed by atoms with Crippen molar-refractivity contribution in [2.45, 2.75) is 27.7 Å². The fraction of sp³-hybridized carbons (Fsp3) is 0.0833. The van der Waals surface area contributed by atoms with Crippen LogP contribution < -0.4 is 10.6 Å². The normalized spacial score (nSPS) is 11.3. The molecule has 0 radical (unpaired) electrons. The first-order valence-corrected chi connectivity index (χ1v) is 18.4. The van der Waals surface area contributed by atoms with Gasteiger partial charge in [0.1, 0.15) is 5.69 Å². The van der Waals surface area contributed by atoms with E-state index >= 15 is 0 Å². The molecule has 8 rings (SSSR count). The molecule has 0 atom stereocenters. The zero-order chi connectivity index (χ0) is 38.8. The van der Waals surface area contributed by atoms with Crippen molar-refractivity contribution in [1.82, 2.24) is 9.97 Å². The average Bonchev–Trinajstić information content (AvgIpc) is 3.20. The molecule has 6 aromatic carbocycles. The highest BCUT2D eigenvalue weighted by Crippen LogP contribution is 2.34. The Morgan fingerprint density at radius 1 is 0.500 bits per heavy atom. The molecule has 0 spiro atoms. The van der Waals surface area contributed by atoms with E-state index in [1.54, 1.807) is 18.2 Å². The van der Waals surface area contributed by atoms with Crippen LogP contribution in [0.15, 0.2) is 156 Å². The lowest BCUT2D eigenvalue weighted by molar-refractivity contribution is 0.102. The lowest BCUT2D eigenvalue weighted by Crippen LogP contribution is -2.15. The zero-order valence-electron chi connectivity index (χ0n) is 31.5. The second kappa shape index (κ2) is 15.2. The Labute approximate surface area is 325 Å². The fourth-order valence-corrected chi connectivity index (χ4v) is 7.00. The molecule has 8 aromatic rings. The molecule has 8 nitrogen and oxygen atoms in total. The van der Waals surface area contributed by atoms with E-state index in [1.165, 1.54) is 0 Å². The van der Waals surface area contributed by atoms with Crippen molar-refractivity contribution in [3.05, 3.63) is 179 Å². The van der Waals surface area contributed by atoms with Crippen LogP contribution in [-0.4, -0.2) is 21.8 Å². The van der Waals surface area contributed by atoms with E-state index in [9.17, 15) is 9.59 Å². The molecule has 0 saturated carbocycles. The Balaban J connectivity index is 1.18. The lowest BCUT2D eigenvalue weighted by atomic mass is 9.99. The third-order valence-corrected chi connectivity index (χ3v) is 9.77. The van der Waals surface area contributed by atoms with Crippen molar-refractivity contribution in [2.75, 3.05) is 10.6 Å². The maximum Gasteiger partial charge on any atom is 0.256 e. The van der Waals surface area contributed by atoms with E-state index in [1.807, 2.05) is 129 Å². The lowest BCUT2D eigenvalue weighted by Gasteiger charge is -2.15. The quantitative estimate of drug-likeness (QED) is 0.152. The summed E-state index contributed by atoms with van der Waals surface area (Å²) in [7, 11) is 0. The van der Waals surface area contributed by atoms with Gasteiger partial charge in [-0.2, -0.15) is 5.11 Å². The molecule has 8 heteroatoms. The molecule has 0 unspecified atom stereocenters.